The number of pyridine rings is 1. The number of aryl methyl sites for hydroxylation is 1. The smallest absolute Gasteiger partial charge is 0.171 e. The van der Waals surface area contributed by atoms with Crippen molar-refractivity contribution in [1.82, 2.24) is 0 Å². The van der Waals surface area contributed by atoms with Gasteiger partial charge in [0.05, 0.1) is 0 Å². The summed E-state index contributed by atoms with van der Waals surface area (Å²) in [5.41, 5.74) is 1.35. The van der Waals surface area contributed by atoms with Crippen LogP contribution in [-0.2, 0) is 6.54 Å². The summed E-state index contributed by atoms with van der Waals surface area (Å²) >= 11 is 0. The van der Waals surface area contributed by atoms with Crippen molar-refractivity contribution in [1.29, 1.82) is 0 Å². The van der Waals surface area contributed by atoms with Crippen molar-refractivity contribution in [3.63, 3.8) is 0 Å². The first-order valence-electron chi connectivity index (χ1n) is 6.18. The molecule has 1 nitrogen and oxygen atoms in total. The van der Waals surface area contributed by atoms with Gasteiger partial charge in [-0.2, -0.15) is 0 Å². The van der Waals surface area contributed by atoms with Gasteiger partial charge in [0.2, 0.25) is 0 Å². The minimum Gasteiger partial charge on any atom is -0.205 e. The third kappa shape index (κ3) is 4.96. The number of aromatic nitrogens is 1. The average molecular weight is 206 g/mol. The van der Waals surface area contributed by atoms with Gasteiger partial charge in [-0.15, -0.1) is 0 Å². The fourth-order valence-corrected chi connectivity index (χ4v) is 1.96. The van der Waals surface area contributed by atoms with E-state index in [2.05, 4.69) is 49.9 Å². The SMILES string of the molecule is CCCCCC(C)C[n+]1cccc(C)c1. The van der Waals surface area contributed by atoms with Crippen LogP contribution in [-0.4, -0.2) is 0 Å². The number of rotatable bonds is 6. The Bertz CT molecular complexity index is 280. The van der Waals surface area contributed by atoms with E-state index in [9.17, 15) is 0 Å². The first-order chi connectivity index (χ1) is 7.22. The zero-order valence-electron chi connectivity index (χ0n) is 10.4. The van der Waals surface area contributed by atoms with E-state index < -0.39 is 0 Å². The van der Waals surface area contributed by atoms with E-state index in [1.54, 1.807) is 0 Å². The third-order valence-corrected chi connectivity index (χ3v) is 2.83. The molecule has 0 aliphatic rings. The Hall–Kier alpha value is -0.850. The van der Waals surface area contributed by atoms with E-state index in [-0.39, 0.29) is 0 Å². The normalized spacial score (nSPS) is 12.7. The number of hydrogen-bond donors (Lipinski definition) is 0. The highest BCUT2D eigenvalue weighted by Gasteiger charge is 2.08. The quantitative estimate of drug-likeness (QED) is 0.495. The first kappa shape index (κ1) is 12.2. The molecule has 0 spiro atoms. The summed E-state index contributed by atoms with van der Waals surface area (Å²) in [5.74, 6) is 0.795. The second-order valence-corrected chi connectivity index (χ2v) is 4.68. The van der Waals surface area contributed by atoms with Gasteiger partial charge in [0, 0.05) is 17.5 Å². The highest BCUT2D eigenvalue weighted by Crippen LogP contribution is 2.09. The van der Waals surface area contributed by atoms with Gasteiger partial charge in [-0.05, 0) is 19.4 Å². The van der Waals surface area contributed by atoms with Crippen molar-refractivity contribution in [3.8, 4) is 0 Å². The molecule has 1 unspecified atom stereocenters. The van der Waals surface area contributed by atoms with Crippen LogP contribution in [0.4, 0.5) is 0 Å². The third-order valence-electron chi connectivity index (χ3n) is 2.83. The molecular weight excluding hydrogens is 182 g/mol. The van der Waals surface area contributed by atoms with Crippen LogP contribution in [0.2, 0.25) is 0 Å². The van der Waals surface area contributed by atoms with Gasteiger partial charge in [0.25, 0.3) is 0 Å². The Kier molecular flexibility index (Phi) is 5.38. The van der Waals surface area contributed by atoms with Crippen molar-refractivity contribution < 1.29 is 4.57 Å². The predicted octanol–water partition coefficient (Wildman–Crippen LogP) is 3.50. The van der Waals surface area contributed by atoms with E-state index in [1.807, 2.05) is 0 Å². The molecule has 0 aromatic carbocycles. The van der Waals surface area contributed by atoms with Crippen LogP contribution in [0.5, 0.6) is 0 Å². The summed E-state index contributed by atoms with van der Waals surface area (Å²) in [4.78, 5) is 0. The Morgan fingerprint density at radius 3 is 2.80 bits per heavy atom. The van der Waals surface area contributed by atoms with Gasteiger partial charge in [0.1, 0.15) is 0 Å². The molecule has 1 atom stereocenters. The van der Waals surface area contributed by atoms with Gasteiger partial charge in [-0.1, -0.05) is 33.1 Å². The zero-order valence-corrected chi connectivity index (χ0v) is 10.4. The maximum Gasteiger partial charge on any atom is 0.171 e. The van der Waals surface area contributed by atoms with Crippen LogP contribution >= 0.6 is 0 Å². The largest absolute Gasteiger partial charge is 0.205 e. The van der Waals surface area contributed by atoms with E-state index in [4.69, 9.17) is 0 Å². The molecule has 15 heavy (non-hydrogen) atoms. The summed E-state index contributed by atoms with van der Waals surface area (Å²) in [7, 11) is 0. The average Bonchev–Trinajstić information content (AvgIpc) is 2.18. The second-order valence-electron chi connectivity index (χ2n) is 4.68. The summed E-state index contributed by atoms with van der Waals surface area (Å²) in [6, 6.07) is 4.28. The Morgan fingerprint density at radius 2 is 2.13 bits per heavy atom. The lowest BCUT2D eigenvalue weighted by Crippen LogP contribution is -2.36. The second kappa shape index (κ2) is 6.60. The minimum atomic E-state index is 0.795. The highest BCUT2D eigenvalue weighted by atomic mass is 14.9. The van der Waals surface area contributed by atoms with Crippen molar-refractivity contribution in [2.24, 2.45) is 5.92 Å². The van der Waals surface area contributed by atoms with Crippen LogP contribution in [0.1, 0.15) is 45.1 Å². The molecule has 0 radical (unpaired) electrons. The lowest BCUT2D eigenvalue weighted by molar-refractivity contribution is -0.703. The van der Waals surface area contributed by atoms with Crippen molar-refractivity contribution >= 4 is 0 Å². The van der Waals surface area contributed by atoms with Crippen molar-refractivity contribution in [2.45, 2.75) is 53.0 Å². The Morgan fingerprint density at radius 1 is 1.33 bits per heavy atom. The molecular formula is C14H24N+. The van der Waals surface area contributed by atoms with Gasteiger partial charge >= 0.3 is 0 Å². The van der Waals surface area contributed by atoms with Gasteiger partial charge in [-0.3, -0.25) is 0 Å². The molecule has 1 heteroatoms. The number of nitrogens with zero attached hydrogens (tertiary/aromatic N) is 1. The Labute approximate surface area is 94.1 Å². The van der Waals surface area contributed by atoms with Gasteiger partial charge in [-0.25, -0.2) is 4.57 Å². The molecule has 0 saturated carbocycles. The fraction of sp³-hybridized carbons (Fsp3) is 0.643. The molecule has 1 rings (SSSR count). The first-order valence-corrected chi connectivity index (χ1v) is 6.18. The molecule has 0 aliphatic heterocycles. The molecule has 0 saturated heterocycles. The van der Waals surface area contributed by atoms with Gasteiger partial charge < -0.3 is 0 Å². The number of hydrogen-bond acceptors (Lipinski definition) is 0. The molecule has 0 amide bonds. The van der Waals surface area contributed by atoms with Crippen LogP contribution in [0.3, 0.4) is 0 Å². The highest BCUT2D eigenvalue weighted by molar-refractivity contribution is 5.01. The molecule has 84 valence electrons. The summed E-state index contributed by atoms with van der Waals surface area (Å²) in [6.45, 7) is 7.93. The monoisotopic (exact) mass is 206 g/mol. The van der Waals surface area contributed by atoms with Crippen molar-refractivity contribution in [3.05, 3.63) is 30.1 Å². The van der Waals surface area contributed by atoms with Gasteiger partial charge in [0.15, 0.2) is 18.9 Å². The molecule has 1 heterocycles. The standard InChI is InChI=1S/C14H24N/c1-4-5-6-8-13(2)11-15-10-7-9-14(3)12-15/h7,9-10,12-13H,4-6,8,11H2,1-3H3/q+1. The maximum atomic E-state index is 2.35. The summed E-state index contributed by atoms with van der Waals surface area (Å²) in [6.07, 6.45) is 9.84. The van der Waals surface area contributed by atoms with E-state index >= 15 is 0 Å². The minimum absolute atomic E-state index is 0.795. The zero-order chi connectivity index (χ0) is 11.1. The molecule has 0 fully saturated rings. The van der Waals surface area contributed by atoms with Crippen molar-refractivity contribution in [2.75, 3.05) is 0 Å². The maximum absolute atomic E-state index is 2.35. The van der Waals surface area contributed by atoms with Crippen LogP contribution < -0.4 is 4.57 Å². The summed E-state index contributed by atoms with van der Waals surface area (Å²) in [5, 5.41) is 0. The van der Waals surface area contributed by atoms with E-state index in [1.165, 1.54) is 31.2 Å². The lowest BCUT2D eigenvalue weighted by Gasteiger charge is -2.07. The van der Waals surface area contributed by atoms with Crippen LogP contribution in [0, 0.1) is 12.8 Å². The van der Waals surface area contributed by atoms with Crippen LogP contribution in [0.15, 0.2) is 24.5 Å². The number of unbranched alkanes of at least 4 members (excludes halogenated alkanes) is 2. The molecule has 0 N–H and O–H groups in total. The molecule has 1 aromatic heterocycles. The molecule has 0 aliphatic carbocycles. The van der Waals surface area contributed by atoms with E-state index in [0.29, 0.717) is 0 Å². The lowest BCUT2D eigenvalue weighted by atomic mass is 10.0. The Balaban J connectivity index is 2.34. The van der Waals surface area contributed by atoms with Crippen LogP contribution in [0.25, 0.3) is 0 Å². The fourth-order valence-electron chi connectivity index (χ4n) is 1.96. The predicted molar refractivity (Wildman–Crippen MR) is 64.7 cm³/mol. The molecule has 1 aromatic rings. The van der Waals surface area contributed by atoms with E-state index in [0.717, 1.165) is 12.5 Å². The topological polar surface area (TPSA) is 3.88 Å². The summed E-state index contributed by atoms with van der Waals surface area (Å²) < 4.78 is 2.31. The molecule has 0 bridgehead atoms.